The quantitative estimate of drug-likeness (QED) is 0.419. The Kier molecular flexibility index (Phi) is 8.96. The van der Waals surface area contributed by atoms with E-state index >= 15 is 0 Å². The zero-order chi connectivity index (χ0) is 22.1. The molecule has 0 radical (unpaired) electrons. The zero-order valence-corrected chi connectivity index (χ0v) is 19.1. The topological polar surface area (TPSA) is 75.7 Å². The van der Waals surface area contributed by atoms with E-state index in [0.29, 0.717) is 18.0 Å². The second-order valence-corrected chi connectivity index (χ2v) is 9.26. The van der Waals surface area contributed by atoms with E-state index in [1.807, 2.05) is 45.0 Å². The van der Waals surface area contributed by atoms with Crippen LogP contribution in [0.25, 0.3) is 6.08 Å². The molecule has 0 spiro atoms. The number of aryl methyl sites for hydroxylation is 1. The smallest absolute Gasteiger partial charge is 0.407 e. The Morgan fingerprint density at radius 2 is 1.77 bits per heavy atom. The Morgan fingerprint density at radius 1 is 1.10 bits per heavy atom. The molecule has 1 saturated heterocycles. The summed E-state index contributed by atoms with van der Waals surface area (Å²) in [6.45, 7) is 8.56. The van der Waals surface area contributed by atoms with Crippen molar-refractivity contribution < 1.29 is 19.1 Å². The molecule has 1 heterocycles. The molecule has 1 N–H and O–H groups in total. The molecule has 0 saturated carbocycles. The molecule has 0 aromatic heterocycles. The standard InChI is InChI=1S/C23H32N2O4S/c1-5-17-10-12-18(13-11-17)16-19-20(26)25(22(28)30-19)15-9-7-6-8-14-24-21(27)29-23(2,3)4/h10-13,16H,5-9,14-15H2,1-4H3,(H,24,27). The number of unbranched alkanes of at least 4 members (excludes halogenated alkanes) is 3. The van der Waals surface area contributed by atoms with Gasteiger partial charge < -0.3 is 10.1 Å². The number of hydrogen-bond donors (Lipinski definition) is 1. The number of carbonyl (C=O) groups is 3. The lowest BCUT2D eigenvalue weighted by molar-refractivity contribution is -0.122. The van der Waals surface area contributed by atoms with Crippen LogP contribution in [0.15, 0.2) is 29.2 Å². The van der Waals surface area contributed by atoms with E-state index in [0.717, 1.165) is 49.4 Å². The number of thioether (sulfide) groups is 1. The van der Waals surface area contributed by atoms with Gasteiger partial charge in [0.15, 0.2) is 0 Å². The summed E-state index contributed by atoms with van der Waals surface area (Å²) in [5.74, 6) is -0.212. The van der Waals surface area contributed by atoms with Gasteiger partial charge in [-0.05, 0) is 69.0 Å². The molecule has 7 heteroatoms. The average molecular weight is 433 g/mol. The number of ether oxygens (including phenoxy) is 1. The zero-order valence-electron chi connectivity index (χ0n) is 18.3. The third kappa shape index (κ3) is 7.86. The number of nitrogens with zero attached hydrogens (tertiary/aromatic N) is 1. The highest BCUT2D eigenvalue weighted by molar-refractivity contribution is 8.18. The molecular formula is C23H32N2O4S. The van der Waals surface area contributed by atoms with Gasteiger partial charge in [-0.1, -0.05) is 44.0 Å². The molecular weight excluding hydrogens is 400 g/mol. The third-order valence-corrected chi connectivity index (χ3v) is 5.44. The Hall–Kier alpha value is -2.28. The van der Waals surface area contributed by atoms with Crippen molar-refractivity contribution in [3.63, 3.8) is 0 Å². The van der Waals surface area contributed by atoms with Gasteiger partial charge in [0.25, 0.3) is 11.1 Å². The Labute approximate surface area is 183 Å². The highest BCUT2D eigenvalue weighted by atomic mass is 32.2. The summed E-state index contributed by atoms with van der Waals surface area (Å²) in [6, 6.07) is 8.01. The van der Waals surface area contributed by atoms with Gasteiger partial charge in [-0.15, -0.1) is 0 Å². The van der Waals surface area contributed by atoms with Crippen molar-refractivity contribution in [3.05, 3.63) is 40.3 Å². The van der Waals surface area contributed by atoms with Crippen LogP contribution < -0.4 is 5.32 Å². The Bertz CT molecular complexity index is 781. The van der Waals surface area contributed by atoms with Gasteiger partial charge in [-0.3, -0.25) is 14.5 Å². The molecule has 3 amide bonds. The minimum absolute atomic E-state index is 0.206. The van der Waals surface area contributed by atoms with Crippen molar-refractivity contribution in [2.45, 2.75) is 65.4 Å². The SMILES string of the molecule is CCc1ccc(C=C2SC(=O)N(CCCCCCNC(=O)OC(C)(C)C)C2=O)cc1. The molecule has 2 rings (SSSR count). The van der Waals surface area contributed by atoms with Crippen LogP contribution >= 0.6 is 11.8 Å². The molecule has 1 aliphatic heterocycles. The van der Waals surface area contributed by atoms with Gasteiger partial charge in [0.2, 0.25) is 0 Å². The van der Waals surface area contributed by atoms with Crippen LogP contribution in [0.5, 0.6) is 0 Å². The van der Waals surface area contributed by atoms with Gasteiger partial charge >= 0.3 is 6.09 Å². The molecule has 0 aliphatic carbocycles. The average Bonchev–Trinajstić information content (AvgIpc) is 2.93. The Balaban J connectivity index is 1.69. The number of rotatable bonds is 9. The predicted molar refractivity (Wildman–Crippen MR) is 121 cm³/mol. The van der Waals surface area contributed by atoms with Gasteiger partial charge in [0.05, 0.1) is 4.91 Å². The maximum absolute atomic E-state index is 12.6. The Morgan fingerprint density at radius 3 is 2.40 bits per heavy atom. The lowest BCUT2D eigenvalue weighted by Gasteiger charge is -2.19. The summed E-state index contributed by atoms with van der Waals surface area (Å²) in [4.78, 5) is 38.1. The molecule has 1 fully saturated rings. The normalized spacial score (nSPS) is 15.7. The highest BCUT2D eigenvalue weighted by Gasteiger charge is 2.34. The van der Waals surface area contributed by atoms with Crippen molar-refractivity contribution in [2.75, 3.05) is 13.1 Å². The van der Waals surface area contributed by atoms with Crippen molar-refractivity contribution >= 4 is 35.1 Å². The fraction of sp³-hybridized carbons (Fsp3) is 0.522. The molecule has 164 valence electrons. The lowest BCUT2D eigenvalue weighted by atomic mass is 10.1. The van der Waals surface area contributed by atoms with Crippen LogP contribution in [0, 0.1) is 0 Å². The second kappa shape index (κ2) is 11.2. The molecule has 6 nitrogen and oxygen atoms in total. The number of nitrogens with one attached hydrogen (secondary N) is 1. The number of hydrogen-bond acceptors (Lipinski definition) is 5. The van der Waals surface area contributed by atoms with E-state index in [-0.39, 0.29) is 11.1 Å². The minimum atomic E-state index is -0.497. The molecule has 0 atom stereocenters. The fourth-order valence-electron chi connectivity index (χ4n) is 2.95. The van der Waals surface area contributed by atoms with Crippen LogP contribution in [0.3, 0.4) is 0 Å². The van der Waals surface area contributed by atoms with Crippen molar-refractivity contribution in [3.8, 4) is 0 Å². The van der Waals surface area contributed by atoms with Crippen LogP contribution in [0.1, 0.15) is 64.5 Å². The molecule has 1 aromatic rings. The van der Waals surface area contributed by atoms with Gasteiger partial charge in [-0.25, -0.2) is 4.79 Å². The molecule has 30 heavy (non-hydrogen) atoms. The van der Waals surface area contributed by atoms with Crippen LogP contribution in [0.2, 0.25) is 0 Å². The van der Waals surface area contributed by atoms with Crippen LogP contribution in [-0.4, -0.2) is 40.8 Å². The van der Waals surface area contributed by atoms with Gasteiger partial charge in [0, 0.05) is 13.1 Å². The maximum atomic E-state index is 12.6. The van der Waals surface area contributed by atoms with E-state index < -0.39 is 11.7 Å². The summed E-state index contributed by atoms with van der Waals surface area (Å²) >= 11 is 1.00. The number of benzene rings is 1. The number of carbonyl (C=O) groups excluding carboxylic acids is 3. The predicted octanol–water partition coefficient (Wildman–Crippen LogP) is 5.37. The summed E-state index contributed by atoms with van der Waals surface area (Å²) in [7, 11) is 0. The van der Waals surface area contributed by atoms with Gasteiger partial charge in [0.1, 0.15) is 5.60 Å². The van der Waals surface area contributed by atoms with Crippen molar-refractivity contribution in [1.82, 2.24) is 10.2 Å². The first-order chi connectivity index (χ1) is 14.2. The molecule has 0 bridgehead atoms. The van der Waals surface area contributed by atoms with E-state index in [4.69, 9.17) is 4.74 Å². The summed E-state index contributed by atoms with van der Waals surface area (Å²) < 4.78 is 5.18. The molecule has 1 aromatic carbocycles. The number of alkyl carbamates (subject to hydrolysis) is 1. The molecule has 0 unspecified atom stereocenters. The van der Waals surface area contributed by atoms with Crippen LogP contribution in [0.4, 0.5) is 9.59 Å². The van der Waals surface area contributed by atoms with E-state index in [9.17, 15) is 14.4 Å². The van der Waals surface area contributed by atoms with E-state index in [2.05, 4.69) is 12.2 Å². The summed E-state index contributed by atoms with van der Waals surface area (Å²) in [5.41, 5.74) is 1.67. The summed E-state index contributed by atoms with van der Waals surface area (Å²) in [5, 5.41) is 2.53. The highest BCUT2D eigenvalue weighted by Crippen LogP contribution is 2.32. The first-order valence-corrected chi connectivity index (χ1v) is 11.3. The van der Waals surface area contributed by atoms with E-state index in [1.165, 1.54) is 10.5 Å². The first-order valence-electron chi connectivity index (χ1n) is 10.5. The van der Waals surface area contributed by atoms with Crippen molar-refractivity contribution in [2.24, 2.45) is 0 Å². The maximum Gasteiger partial charge on any atom is 0.407 e. The first kappa shape index (κ1) is 24.0. The van der Waals surface area contributed by atoms with Crippen molar-refractivity contribution in [1.29, 1.82) is 0 Å². The lowest BCUT2D eigenvalue weighted by Crippen LogP contribution is -2.33. The second-order valence-electron chi connectivity index (χ2n) is 8.27. The van der Waals surface area contributed by atoms with Gasteiger partial charge in [-0.2, -0.15) is 0 Å². The number of imide groups is 1. The van der Waals surface area contributed by atoms with Crippen LogP contribution in [-0.2, 0) is 16.0 Å². The monoisotopic (exact) mass is 432 g/mol. The summed E-state index contributed by atoms with van der Waals surface area (Å²) in [6.07, 6.45) is 5.72. The number of amides is 3. The third-order valence-electron chi connectivity index (χ3n) is 4.54. The molecule has 1 aliphatic rings. The largest absolute Gasteiger partial charge is 0.444 e. The van der Waals surface area contributed by atoms with E-state index in [1.54, 1.807) is 6.08 Å². The minimum Gasteiger partial charge on any atom is -0.444 e. The fourth-order valence-corrected chi connectivity index (χ4v) is 3.81.